The molecule has 0 atom stereocenters. The van der Waals surface area contributed by atoms with Crippen LogP contribution in [0.2, 0.25) is 0 Å². The third-order valence-corrected chi connectivity index (χ3v) is 3.18. The van der Waals surface area contributed by atoms with Crippen LogP contribution in [0.15, 0.2) is 48.8 Å². The van der Waals surface area contributed by atoms with Gasteiger partial charge in [0.2, 0.25) is 0 Å². The highest BCUT2D eigenvalue weighted by Crippen LogP contribution is 2.34. The first-order chi connectivity index (χ1) is 12.7. The maximum absolute atomic E-state index is 5.34. The quantitative estimate of drug-likeness (QED) is 0.638. The van der Waals surface area contributed by atoms with Crippen molar-refractivity contribution in [2.75, 3.05) is 19.5 Å². The normalized spacial score (nSPS) is 9.31. The summed E-state index contributed by atoms with van der Waals surface area (Å²) in [6.07, 6.45) is 2.78. The molecule has 2 aromatic carbocycles. The number of ether oxygens (including phenoxy) is 2. The fourth-order valence-electron chi connectivity index (χ4n) is 2.14. The predicted octanol–water partition coefficient (Wildman–Crippen LogP) is 5.83. The lowest BCUT2D eigenvalue weighted by Gasteiger charge is -2.12. The van der Waals surface area contributed by atoms with Gasteiger partial charge in [0.1, 0.15) is 12.1 Å². The largest absolute Gasteiger partial charge is 0.493 e. The summed E-state index contributed by atoms with van der Waals surface area (Å²) in [6.45, 7) is 8.25. The number of nitrogens with zero attached hydrogens (tertiary/aromatic N) is 2. The highest BCUT2D eigenvalue weighted by Gasteiger charge is 2.10. The Bertz CT molecular complexity index is 777. The van der Waals surface area contributed by atoms with E-state index in [1.54, 1.807) is 14.2 Å². The zero-order chi connectivity index (χ0) is 19.4. The molecular weight excluding hydrogens is 326 g/mol. The standard InChI is InChI=1S/C16H15N3O2.C3H8.C2H6/c1-20-14-8-12-13(9-15(14)21-2)17-10-18-16(12)19-11-6-4-3-5-7-11;1-3-2;1-2/h3-10H,1-2H3,(H,17,18,19);3H2,1-2H3;1-2H3. The smallest absolute Gasteiger partial charge is 0.162 e. The van der Waals surface area contributed by atoms with E-state index in [4.69, 9.17) is 9.47 Å². The summed E-state index contributed by atoms with van der Waals surface area (Å²) in [5, 5.41) is 4.16. The van der Waals surface area contributed by atoms with Gasteiger partial charge in [-0.05, 0) is 18.2 Å². The van der Waals surface area contributed by atoms with Crippen molar-refractivity contribution in [2.45, 2.75) is 34.1 Å². The number of methoxy groups -OCH3 is 2. The van der Waals surface area contributed by atoms with Gasteiger partial charge in [0, 0.05) is 17.1 Å². The summed E-state index contributed by atoms with van der Waals surface area (Å²) in [4.78, 5) is 8.60. The van der Waals surface area contributed by atoms with Crippen molar-refractivity contribution >= 4 is 22.4 Å². The van der Waals surface area contributed by atoms with Gasteiger partial charge in [-0.25, -0.2) is 9.97 Å². The summed E-state index contributed by atoms with van der Waals surface area (Å²) in [7, 11) is 3.21. The van der Waals surface area contributed by atoms with E-state index in [1.165, 1.54) is 12.7 Å². The van der Waals surface area contributed by atoms with Crippen LogP contribution in [-0.4, -0.2) is 24.2 Å². The Morgan fingerprint density at radius 3 is 2.04 bits per heavy atom. The molecule has 3 rings (SSSR count). The Kier molecular flexibility index (Phi) is 9.54. The van der Waals surface area contributed by atoms with E-state index in [0.717, 1.165) is 22.4 Å². The molecule has 1 aromatic heterocycles. The van der Waals surface area contributed by atoms with Gasteiger partial charge < -0.3 is 14.8 Å². The Hall–Kier alpha value is -2.82. The maximum Gasteiger partial charge on any atom is 0.162 e. The Morgan fingerprint density at radius 2 is 1.46 bits per heavy atom. The van der Waals surface area contributed by atoms with E-state index in [1.807, 2.05) is 56.3 Å². The molecule has 26 heavy (non-hydrogen) atoms. The number of anilines is 2. The number of fused-ring (bicyclic) bond motifs is 1. The van der Waals surface area contributed by atoms with Crippen molar-refractivity contribution in [3.05, 3.63) is 48.8 Å². The van der Waals surface area contributed by atoms with Crippen molar-refractivity contribution in [2.24, 2.45) is 0 Å². The van der Waals surface area contributed by atoms with Gasteiger partial charge in [-0.2, -0.15) is 0 Å². The third kappa shape index (κ3) is 5.62. The van der Waals surface area contributed by atoms with Gasteiger partial charge in [-0.15, -0.1) is 0 Å². The van der Waals surface area contributed by atoms with Crippen LogP contribution in [-0.2, 0) is 0 Å². The molecule has 0 saturated heterocycles. The minimum Gasteiger partial charge on any atom is -0.493 e. The van der Waals surface area contributed by atoms with Crippen LogP contribution >= 0.6 is 0 Å². The summed E-state index contributed by atoms with van der Waals surface area (Å²) in [5.41, 5.74) is 1.76. The number of benzene rings is 2. The first-order valence-electron chi connectivity index (χ1n) is 8.92. The van der Waals surface area contributed by atoms with E-state index in [9.17, 15) is 0 Å². The SMILES string of the molecule is CC.CCC.COc1cc2ncnc(Nc3ccccc3)c2cc1OC. The minimum atomic E-state index is 0.648. The van der Waals surface area contributed by atoms with E-state index in [-0.39, 0.29) is 0 Å². The zero-order valence-corrected chi connectivity index (χ0v) is 16.5. The molecule has 0 unspecified atom stereocenters. The molecule has 0 spiro atoms. The molecule has 0 aliphatic carbocycles. The number of rotatable bonds is 4. The van der Waals surface area contributed by atoms with E-state index in [2.05, 4.69) is 29.1 Å². The van der Waals surface area contributed by atoms with Gasteiger partial charge in [-0.1, -0.05) is 52.3 Å². The second-order valence-electron chi connectivity index (χ2n) is 5.14. The van der Waals surface area contributed by atoms with Crippen molar-refractivity contribution < 1.29 is 9.47 Å². The van der Waals surface area contributed by atoms with Crippen LogP contribution in [0, 0.1) is 0 Å². The second-order valence-corrected chi connectivity index (χ2v) is 5.14. The molecule has 1 N–H and O–H groups in total. The average Bonchev–Trinajstić information content (AvgIpc) is 2.70. The number of para-hydroxylation sites is 1. The summed E-state index contributed by atoms with van der Waals surface area (Å²) < 4.78 is 10.6. The van der Waals surface area contributed by atoms with E-state index < -0.39 is 0 Å². The zero-order valence-electron chi connectivity index (χ0n) is 16.5. The molecular formula is C21H29N3O2. The van der Waals surface area contributed by atoms with Gasteiger partial charge in [0.25, 0.3) is 0 Å². The monoisotopic (exact) mass is 355 g/mol. The molecule has 5 nitrogen and oxygen atoms in total. The molecule has 0 aliphatic heterocycles. The fourth-order valence-corrected chi connectivity index (χ4v) is 2.14. The first-order valence-corrected chi connectivity index (χ1v) is 8.92. The molecule has 1 heterocycles. The Morgan fingerprint density at radius 1 is 0.885 bits per heavy atom. The van der Waals surface area contributed by atoms with Gasteiger partial charge in [-0.3, -0.25) is 0 Å². The molecule has 140 valence electrons. The molecule has 0 radical (unpaired) electrons. The Labute approximate surface area is 156 Å². The molecule has 0 bridgehead atoms. The Balaban J connectivity index is 0.000000615. The number of hydrogen-bond acceptors (Lipinski definition) is 5. The van der Waals surface area contributed by atoms with Crippen LogP contribution < -0.4 is 14.8 Å². The summed E-state index contributed by atoms with van der Waals surface area (Å²) in [6, 6.07) is 13.6. The average molecular weight is 355 g/mol. The van der Waals surface area contributed by atoms with Gasteiger partial charge >= 0.3 is 0 Å². The van der Waals surface area contributed by atoms with Crippen LogP contribution in [0.1, 0.15) is 34.1 Å². The first kappa shape index (κ1) is 21.2. The topological polar surface area (TPSA) is 56.3 Å². The fraction of sp³-hybridized carbons (Fsp3) is 0.333. The van der Waals surface area contributed by atoms with Crippen LogP contribution in [0.25, 0.3) is 10.9 Å². The number of aromatic nitrogens is 2. The van der Waals surface area contributed by atoms with Crippen molar-refractivity contribution in [3.63, 3.8) is 0 Å². The number of nitrogens with one attached hydrogen (secondary N) is 1. The number of hydrogen-bond donors (Lipinski definition) is 1. The van der Waals surface area contributed by atoms with Crippen LogP contribution in [0.3, 0.4) is 0 Å². The highest BCUT2D eigenvalue weighted by atomic mass is 16.5. The summed E-state index contributed by atoms with van der Waals surface area (Å²) >= 11 is 0. The van der Waals surface area contributed by atoms with Crippen molar-refractivity contribution in [3.8, 4) is 11.5 Å². The molecule has 0 aliphatic rings. The van der Waals surface area contributed by atoms with E-state index >= 15 is 0 Å². The second kappa shape index (κ2) is 11.7. The molecule has 0 amide bonds. The van der Waals surface area contributed by atoms with Crippen molar-refractivity contribution in [1.82, 2.24) is 9.97 Å². The lowest BCUT2D eigenvalue weighted by Crippen LogP contribution is -1.97. The molecule has 5 heteroatoms. The molecule has 0 fully saturated rings. The minimum absolute atomic E-state index is 0.648. The third-order valence-electron chi connectivity index (χ3n) is 3.18. The highest BCUT2D eigenvalue weighted by molar-refractivity contribution is 5.93. The molecule has 0 saturated carbocycles. The van der Waals surface area contributed by atoms with Crippen molar-refractivity contribution in [1.29, 1.82) is 0 Å². The predicted molar refractivity (Wildman–Crippen MR) is 110 cm³/mol. The lowest BCUT2D eigenvalue weighted by atomic mass is 10.2. The van der Waals surface area contributed by atoms with E-state index in [0.29, 0.717) is 11.5 Å². The maximum atomic E-state index is 5.34. The van der Waals surface area contributed by atoms with Gasteiger partial charge in [0.15, 0.2) is 11.5 Å². The van der Waals surface area contributed by atoms with Crippen LogP contribution in [0.5, 0.6) is 11.5 Å². The summed E-state index contributed by atoms with van der Waals surface area (Å²) in [5.74, 6) is 2.03. The molecule has 3 aromatic rings. The van der Waals surface area contributed by atoms with Gasteiger partial charge in [0.05, 0.1) is 19.7 Å². The van der Waals surface area contributed by atoms with Crippen LogP contribution in [0.4, 0.5) is 11.5 Å². The lowest BCUT2D eigenvalue weighted by molar-refractivity contribution is 0.356.